The van der Waals surface area contributed by atoms with Crippen LogP contribution in [0.25, 0.3) is 16.8 Å². The predicted molar refractivity (Wildman–Crippen MR) is 91.2 cm³/mol. The zero-order valence-electron chi connectivity index (χ0n) is 12.3. The summed E-state index contributed by atoms with van der Waals surface area (Å²) in [6.07, 6.45) is 5.73. The zero-order valence-corrected chi connectivity index (χ0v) is 12.3. The Morgan fingerprint density at radius 1 is 0.818 bits per heavy atom. The van der Waals surface area contributed by atoms with Crippen molar-refractivity contribution in [3.8, 4) is 0 Å². The molecule has 1 heteroatoms. The molecule has 0 amide bonds. The molecule has 0 atom stereocenters. The fourth-order valence-electron chi connectivity index (χ4n) is 3.29. The van der Waals surface area contributed by atoms with Crippen molar-refractivity contribution in [2.24, 2.45) is 0 Å². The summed E-state index contributed by atoms with van der Waals surface area (Å²) in [4.78, 5) is 12.6. The molecule has 0 heterocycles. The van der Waals surface area contributed by atoms with Gasteiger partial charge in [0.05, 0.1) is 0 Å². The van der Waals surface area contributed by atoms with E-state index >= 15 is 0 Å². The first-order valence-electron chi connectivity index (χ1n) is 7.64. The molecule has 0 fully saturated rings. The molecule has 0 spiro atoms. The Morgan fingerprint density at radius 2 is 1.59 bits per heavy atom. The van der Waals surface area contributed by atoms with E-state index in [0.29, 0.717) is 0 Å². The van der Waals surface area contributed by atoms with E-state index < -0.39 is 0 Å². The Hall–Kier alpha value is -2.67. The number of carbonyl (C=O) groups excluding carboxylic acids is 1. The molecular formula is C21H16O. The molecular weight excluding hydrogens is 268 g/mol. The van der Waals surface area contributed by atoms with Gasteiger partial charge in [0.1, 0.15) is 0 Å². The molecule has 0 N–H and O–H groups in total. The van der Waals surface area contributed by atoms with Crippen LogP contribution in [0.15, 0.2) is 66.7 Å². The number of benzene rings is 3. The summed E-state index contributed by atoms with van der Waals surface area (Å²) >= 11 is 0. The van der Waals surface area contributed by atoms with Gasteiger partial charge in [0, 0.05) is 5.56 Å². The second-order valence-electron chi connectivity index (χ2n) is 5.72. The van der Waals surface area contributed by atoms with Gasteiger partial charge in [-0.05, 0) is 46.4 Å². The number of aryl methyl sites for hydroxylation is 2. The van der Waals surface area contributed by atoms with Gasteiger partial charge in [0.25, 0.3) is 0 Å². The second-order valence-corrected chi connectivity index (χ2v) is 5.72. The third-order valence-corrected chi connectivity index (χ3v) is 4.37. The summed E-state index contributed by atoms with van der Waals surface area (Å²) in [5.74, 6) is 0.0689. The van der Waals surface area contributed by atoms with Crippen molar-refractivity contribution in [3.63, 3.8) is 0 Å². The molecule has 1 aliphatic carbocycles. The molecule has 4 rings (SSSR count). The van der Waals surface area contributed by atoms with Crippen molar-refractivity contribution >= 4 is 22.6 Å². The molecule has 3 aromatic rings. The first-order chi connectivity index (χ1) is 10.8. The lowest BCUT2D eigenvalue weighted by Gasteiger charge is -2.06. The molecule has 106 valence electrons. The lowest BCUT2D eigenvalue weighted by Crippen LogP contribution is -1.96. The van der Waals surface area contributed by atoms with Crippen LogP contribution in [0, 0.1) is 0 Å². The maximum absolute atomic E-state index is 12.6. The third-order valence-electron chi connectivity index (χ3n) is 4.37. The van der Waals surface area contributed by atoms with E-state index in [4.69, 9.17) is 0 Å². The van der Waals surface area contributed by atoms with E-state index in [9.17, 15) is 4.79 Å². The molecule has 0 radical (unpaired) electrons. The molecule has 1 nitrogen and oxygen atoms in total. The van der Waals surface area contributed by atoms with Gasteiger partial charge in [0.15, 0.2) is 5.78 Å². The van der Waals surface area contributed by atoms with Gasteiger partial charge in [-0.15, -0.1) is 0 Å². The lowest BCUT2D eigenvalue weighted by molar-refractivity contribution is 0.104. The van der Waals surface area contributed by atoms with Gasteiger partial charge in [-0.2, -0.15) is 0 Å². The quantitative estimate of drug-likeness (QED) is 0.497. The van der Waals surface area contributed by atoms with E-state index in [1.807, 2.05) is 42.5 Å². The van der Waals surface area contributed by atoms with Crippen LogP contribution in [-0.4, -0.2) is 5.78 Å². The highest BCUT2D eigenvalue weighted by atomic mass is 16.1. The van der Waals surface area contributed by atoms with Crippen LogP contribution in [0.1, 0.15) is 27.0 Å². The van der Waals surface area contributed by atoms with Gasteiger partial charge < -0.3 is 0 Å². The standard InChI is InChI=1S/C21H16O/c22-20(14-9-15-5-2-1-3-6-15)18-13-12-17-11-10-16-7-4-8-19(18)21(16)17/h1-9,12-14H,10-11H2/b14-9+. The summed E-state index contributed by atoms with van der Waals surface area (Å²) in [5, 5.41) is 2.39. The second kappa shape index (κ2) is 5.27. The maximum Gasteiger partial charge on any atom is 0.186 e. The smallest absolute Gasteiger partial charge is 0.186 e. The van der Waals surface area contributed by atoms with Crippen LogP contribution < -0.4 is 0 Å². The maximum atomic E-state index is 12.6. The average molecular weight is 284 g/mol. The number of carbonyl (C=O) groups is 1. The highest BCUT2D eigenvalue weighted by molar-refractivity contribution is 6.15. The first kappa shape index (κ1) is 13.0. The minimum absolute atomic E-state index is 0.0689. The third kappa shape index (κ3) is 2.15. The monoisotopic (exact) mass is 284 g/mol. The Bertz CT molecular complexity index is 878. The SMILES string of the molecule is O=C(/C=C/c1ccccc1)c1ccc2c3c(cccc13)CC2. The normalized spacial score (nSPS) is 13.1. The van der Waals surface area contributed by atoms with Gasteiger partial charge >= 0.3 is 0 Å². The Labute approximate surface area is 129 Å². The molecule has 3 aromatic carbocycles. The highest BCUT2D eigenvalue weighted by Gasteiger charge is 2.17. The molecule has 0 saturated heterocycles. The number of allylic oxidation sites excluding steroid dienone is 1. The molecule has 0 unspecified atom stereocenters. The predicted octanol–water partition coefficient (Wildman–Crippen LogP) is 4.83. The van der Waals surface area contributed by atoms with Crippen molar-refractivity contribution in [1.82, 2.24) is 0 Å². The molecule has 0 bridgehead atoms. The van der Waals surface area contributed by atoms with Gasteiger partial charge in [-0.3, -0.25) is 4.79 Å². The van der Waals surface area contributed by atoms with E-state index in [0.717, 1.165) is 29.4 Å². The Morgan fingerprint density at radius 3 is 2.41 bits per heavy atom. The largest absolute Gasteiger partial charge is 0.289 e. The first-order valence-corrected chi connectivity index (χ1v) is 7.64. The van der Waals surface area contributed by atoms with Crippen molar-refractivity contribution < 1.29 is 4.79 Å². The number of hydrogen-bond donors (Lipinski definition) is 0. The van der Waals surface area contributed by atoms with Crippen LogP contribution in [0.5, 0.6) is 0 Å². The summed E-state index contributed by atoms with van der Waals surface area (Å²) in [6.45, 7) is 0. The summed E-state index contributed by atoms with van der Waals surface area (Å²) in [6, 6.07) is 20.3. The number of rotatable bonds is 3. The zero-order chi connectivity index (χ0) is 14.9. The number of ketones is 1. The molecule has 1 aliphatic rings. The van der Waals surface area contributed by atoms with E-state index in [1.165, 1.54) is 16.5 Å². The van der Waals surface area contributed by atoms with Crippen molar-refractivity contribution in [1.29, 1.82) is 0 Å². The van der Waals surface area contributed by atoms with E-state index in [-0.39, 0.29) is 5.78 Å². The van der Waals surface area contributed by atoms with Crippen LogP contribution >= 0.6 is 0 Å². The molecule has 0 aliphatic heterocycles. The Kier molecular flexibility index (Phi) is 3.12. The molecule has 0 aromatic heterocycles. The van der Waals surface area contributed by atoms with E-state index in [2.05, 4.69) is 24.3 Å². The fourth-order valence-corrected chi connectivity index (χ4v) is 3.29. The van der Waals surface area contributed by atoms with Crippen LogP contribution in [0.3, 0.4) is 0 Å². The van der Waals surface area contributed by atoms with Gasteiger partial charge in [-0.1, -0.05) is 66.7 Å². The van der Waals surface area contributed by atoms with Crippen molar-refractivity contribution in [2.45, 2.75) is 12.8 Å². The highest BCUT2D eigenvalue weighted by Crippen LogP contribution is 2.33. The van der Waals surface area contributed by atoms with Crippen molar-refractivity contribution in [3.05, 3.63) is 89.0 Å². The van der Waals surface area contributed by atoms with Crippen LogP contribution in [-0.2, 0) is 12.8 Å². The van der Waals surface area contributed by atoms with Crippen LogP contribution in [0.4, 0.5) is 0 Å². The number of hydrogen-bond acceptors (Lipinski definition) is 1. The summed E-state index contributed by atoms with van der Waals surface area (Å²) in [7, 11) is 0. The van der Waals surface area contributed by atoms with Gasteiger partial charge in [-0.25, -0.2) is 0 Å². The van der Waals surface area contributed by atoms with Crippen LogP contribution in [0.2, 0.25) is 0 Å². The van der Waals surface area contributed by atoms with Gasteiger partial charge in [0.2, 0.25) is 0 Å². The minimum Gasteiger partial charge on any atom is -0.289 e. The minimum atomic E-state index is 0.0689. The van der Waals surface area contributed by atoms with Crippen molar-refractivity contribution in [2.75, 3.05) is 0 Å². The fraction of sp³-hybridized carbons (Fsp3) is 0.0952. The summed E-state index contributed by atoms with van der Waals surface area (Å²) in [5.41, 5.74) is 4.58. The summed E-state index contributed by atoms with van der Waals surface area (Å²) < 4.78 is 0. The topological polar surface area (TPSA) is 17.1 Å². The lowest BCUT2D eigenvalue weighted by atomic mass is 9.97. The average Bonchev–Trinajstić information content (AvgIpc) is 2.99. The Balaban J connectivity index is 1.76. The molecule has 0 saturated carbocycles. The van der Waals surface area contributed by atoms with E-state index in [1.54, 1.807) is 6.08 Å². The molecule has 22 heavy (non-hydrogen) atoms.